The Morgan fingerprint density at radius 3 is 2.56 bits per heavy atom. The Bertz CT molecular complexity index is 688. The molecule has 0 atom stereocenters. The van der Waals surface area contributed by atoms with Gasteiger partial charge in [0.25, 0.3) is 5.91 Å². The highest BCUT2D eigenvalue weighted by atomic mass is 16.5. The molecular weight excluding hydrogens is 318 g/mol. The molecule has 2 rings (SSSR count). The van der Waals surface area contributed by atoms with Crippen molar-refractivity contribution in [1.29, 1.82) is 0 Å². The second kappa shape index (κ2) is 9.46. The summed E-state index contributed by atoms with van der Waals surface area (Å²) in [6.07, 6.45) is 0. The van der Waals surface area contributed by atoms with Gasteiger partial charge in [0, 0.05) is 31.4 Å². The average molecular weight is 343 g/mol. The summed E-state index contributed by atoms with van der Waals surface area (Å²) in [5.41, 5.74) is 2.03. The zero-order valence-corrected chi connectivity index (χ0v) is 14.9. The molecule has 1 amide bonds. The molecule has 0 aliphatic carbocycles. The van der Waals surface area contributed by atoms with Crippen LogP contribution in [0.3, 0.4) is 0 Å². The molecule has 0 radical (unpaired) electrons. The van der Waals surface area contributed by atoms with E-state index >= 15 is 0 Å². The molecule has 0 saturated heterocycles. The van der Waals surface area contributed by atoms with Crippen LogP contribution in [0.15, 0.2) is 30.3 Å². The lowest BCUT2D eigenvalue weighted by Gasteiger charge is -2.10. The monoisotopic (exact) mass is 343 g/mol. The smallest absolute Gasteiger partial charge is 0.258 e. The Hall–Kier alpha value is -2.83. The Morgan fingerprint density at radius 1 is 1.08 bits per heavy atom. The van der Waals surface area contributed by atoms with Gasteiger partial charge in [0.05, 0.1) is 0 Å². The van der Waals surface area contributed by atoms with E-state index in [1.54, 1.807) is 0 Å². The first-order valence-electron chi connectivity index (χ1n) is 8.36. The maximum absolute atomic E-state index is 11.8. The summed E-state index contributed by atoms with van der Waals surface area (Å²) >= 11 is 0. The van der Waals surface area contributed by atoms with E-state index in [1.165, 1.54) is 0 Å². The standard InChI is InChI=1S/C18H25N5O2/c1-4-19-16-11-14(3)22-18(23-16)21-10-9-20-17(24)12-25-15-7-5-13(2)6-8-15/h5-8,11H,4,9-10,12H2,1-3H3,(H,20,24)(H2,19,21,22,23). The van der Waals surface area contributed by atoms with Crippen LogP contribution in [0, 0.1) is 13.8 Å². The van der Waals surface area contributed by atoms with E-state index in [9.17, 15) is 4.79 Å². The molecule has 0 saturated carbocycles. The molecule has 134 valence electrons. The number of aryl methyl sites for hydroxylation is 2. The highest BCUT2D eigenvalue weighted by Crippen LogP contribution is 2.11. The fourth-order valence-electron chi connectivity index (χ4n) is 2.13. The Balaban J connectivity index is 1.68. The van der Waals surface area contributed by atoms with E-state index in [1.807, 2.05) is 51.1 Å². The van der Waals surface area contributed by atoms with E-state index < -0.39 is 0 Å². The predicted octanol–water partition coefficient (Wildman–Crippen LogP) is 2.13. The third kappa shape index (κ3) is 6.66. The van der Waals surface area contributed by atoms with Gasteiger partial charge >= 0.3 is 0 Å². The third-order valence-electron chi connectivity index (χ3n) is 3.33. The second-order valence-electron chi connectivity index (χ2n) is 5.63. The number of carbonyl (C=O) groups is 1. The molecule has 2 aromatic rings. The highest BCUT2D eigenvalue weighted by molar-refractivity contribution is 5.77. The SMILES string of the molecule is CCNc1cc(C)nc(NCCNC(=O)COc2ccc(C)cc2)n1. The predicted molar refractivity (Wildman–Crippen MR) is 99.1 cm³/mol. The first-order valence-corrected chi connectivity index (χ1v) is 8.36. The third-order valence-corrected chi connectivity index (χ3v) is 3.33. The molecule has 0 bridgehead atoms. The topological polar surface area (TPSA) is 88.2 Å². The van der Waals surface area contributed by atoms with E-state index in [0.717, 1.165) is 23.6 Å². The highest BCUT2D eigenvalue weighted by Gasteiger charge is 2.04. The number of ether oxygens (including phenoxy) is 1. The van der Waals surface area contributed by atoms with Crippen LogP contribution >= 0.6 is 0 Å². The van der Waals surface area contributed by atoms with E-state index in [-0.39, 0.29) is 12.5 Å². The largest absolute Gasteiger partial charge is 0.484 e. The summed E-state index contributed by atoms with van der Waals surface area (Å²) in [7, 11) is 0. The number of aromatic nitrogens is 2. The molecule has 7 nitrogen and oxygen atoms in total. The zero-order valence-electron chi connectivity index (χ0n) is 14.9. The number of rotatable bonds is 9. The van der Waals surface area contributed by atoms with Crippen LogP contribution in [0.1, 0.15) is 18.2 Å². The summed E-state index contributed by atoms with van der Waals surface area (Å²) in [6.45, 7) is 7.72. The van der Waals surface area contributed by atoms with Crippen molar-refractivity contribution in [3.8, 4) is 5.75 Å². The lowest BCUT2D eigenvalue weighted by Crippen LogP contribution is -2.32. The summed E-state index contributed by atoms with van der Waals surface area (Å²) in [4.78, 5) is 20.5. The van der Waals surface area contributed by atoms with Crippen LogP contribution in [0.5, 0.6) is 5.75 Å². The Labute approximate surface area is 148 Å². The van der Waals surface area contributed by atoms with Crippen molar-refractivity contribution in [2.24, 2.45) is 0 Å². The molecule has 0 aliphatic rings. The van der Waals surface area contributed by atoms with Crippen molar-refractivity contribution >= 4 is 17.7 Å². The van der Waals surface area contributed by atoms with Gasteiger partial charge in [0.2, 0.25) is 5.95 Å². The van der Waals surface area contributed by atoms with Gasteiger partial charge in [-0.05, 0) is 32.9 Å². The minimum absolute atomic E-state index is 0.00538. The molecule has 7 heteroatoms. The van der Waals surface area contributed by atoms with Crippen molar-refractivity contribution in [1.82, 2.24) is 15.3 Å². The summed E-state index contributed by atoms with van der Waals surface area (Å²) in [6, 6.07) is 9.47. The molecule has 1 aromatic carbocycles. The van der Waals surface area contributed by atoms with E-state index in [2.05, 4.69) is 25.9 Å². The fraction of sp³-hybridized carbons (Fsp3) is 0.389. The normalized spacial score (nSPS) is 10.2. The van der Waals surface area contributed by atoms with Crippen LogP contribution < -0.4 is 20.7 Å². The maximum atomic E-state index is 11.8. The van der Waals surface area contributed by atoms with Gasteiger partial charge in [-0.15, -0.1) is 0 Å². The number of amides is 1. The van der Waals surface area contributed by atoms with Gasteiger partial charge < -0.3 is 20.7 Å². The maximum Gasteiger partial charge on any atom is 0.258 e. The van der Waals surface area contributed by atoms with Crippen LogP contribution in [-0.4, -0.2) is 42.1 Å². The molecule has 1 aromatic heterocycles. The molecule has 0 aliphatic heterocycles. The summed E-state index contributed by atoms with van der Waals surface area (Å²) in [5.74, 6) is 1.85. The number of anilines is 2. The summed E-state index contributed by atoms with van der Waals surface area (Å²) < 4.78 is 5.43. The zero-order chi connectivity index (χ0) is 18.1. The molecule has 25 heavy (non-hydrogen) atoms. The van der Waals surface area contributed by atoms with Crippen LogP contribution in [-0.2, 0) is 4.79 Å². The quantitative estimate of drug-likeness (QED) is 0.605. The van der Waals surface area contributed by atoms with Crippen molar-refractivity contribution in [3.63, 3.8) is 0 Å². The minimum Gasteiger partial charge on any atom is -0.484 e. The van der Waals surface area contributed by atoms with Gasteiger partial charge in [-0.1, -0.05) is 17.7 Å². The number of hydrogen-bond donors (Lipinski definition) is 3. The summed E-state index contributed by atoms with van der Waals surface area (Å²) in [5, 5.41) is 9.05. The second-order valence-corrected chi connectivity index (χ2v) is 5.63. The number of hydrogen-bond acceptors (Lipinski definition) is 6. The molecule has 0 fully saturated rings. The Kier molecular flexibility index (Phi) is 7.00. The fourth-order valence-corrected chi connectivity index (χ4v) is 2.13. The number of carbonyl (C=O) groups excluding carboxylic acids is 1. The lowest BCUT2D eigenvalue weighted by atomic mass is 10.2. The van der Waals surface area contributed by atoms with Crippen molar-refractivity contribution in [2.75, 3.05) is 36.9 Å². The van der Waals surface area contributed by atoms with Gasteiger partial charge in [-0.3, -0.25) is 4.79 Å². The van der Waals surface area contributed by atoms with E-state index in [4.69, 9.17) is 4.74 Å². The minimum atomic E-state index is -0.166. The molecule has 3 N–H and O–H groups in total. The molecular formula is C18H25N5O2. The van der Waals surface area contributed by atoms with E-state index in [0.29, 0.717) is 24.8 Å². The first kappa shape index (κ1) is 18.5. The van der Waals surface area contributed by atoms with Crippen molar-refractivity contribution in [2.45, 2.75) is 20.8 Å². The van der Waals surface area contributed by atoms with Crippen molar-refractivity contribution in [3.05, 3.63) is 41.6 Å². The van der Waals surface area contributed by atoms with Crippen LogP contribution in [0.25, 0.3) is 0 Å². The number of benzene rings is 1. The van der Waals surface area contributed by atoms with Crippen LogP contribution in [0.2, 0.25) is 0 Å². The molecule has 1 heterocycles. The molecule has 0 unspecified atom stereocenters. The van der Waals surface area contributed by atoms with Crippen LogP contribution in [0.4, 0.5) is 11.8 Å². The van der Waals surface area contributed by atoms with Crippen molar-refractivity contribution < 1.29 is 9.53 Å². The molecule has 0 spiro atoms. The van der Waals surface area contributed by atoms with Gasteiger partial charge in [0.15, 0.2) is 6.61 Å². The van der Waals surface area contributed by atoms with Gasteiger partial charge in [-0.25, -0.2) is 4.98 Å². The Morgan fingerprint density at radius 2 is 1.84 bits per heavy atom. The number of nitrogens with zero attached hydrogens (tertiary/aromatic N) is 2. The van der Waals surface area contributed by atoms with Gasteiger partial charge in [0.1, 0.15) is 11.6 Å². The first-order chi connectivity index (χ1) is 12.1. The van der Waals surface area contributed by atoms with Gasteiger partial charge in [-0.2, -0.15) is 4.98 Å². The number of nitrogens with one attached hydrogen (secondary N) is 3. The lowest BCUT2D eigenvalue weighted by molar-refractivity contribution is -0.123. The average Bonchev–Trinajstić information content (AvgIpc) is 2.58.